The first kappa shape index (κ1) is 16.3. The Morgan fingerprint density at radius 1 is 1.30 bits per heavy atom. The minimum atomic E-state index is -3.74. The molecule has 0 atom stereocenters. The zero-order chi connectivity index (χ0) is 14.9. The highest BCUT2D eigenvalue weighted by Crippen LogP contribution is 2.34. The van der Waals surface area contributed by atoms with Crippen LogP contribution in [-0.2, 0) is 16.6 Å². The molecule has 0 radical (unpaired) electrons. The van der Waals surface area contributed by atoms with E-state index < -0.39 is 10.0 Å². The van der Waals surface area contributed by atoms with Gasteiger partial charge in [0.15, 0.2) is 0 Å². The number of rotatable bonds is 4. The zero-order valence-electron chi connectivity index (χ0n) is 10.3. The summed E-state index contributed by atoms with van der Waals surface area (Å²) < 4.78 is 27.0. The van der Waals surface area contributed by atoms with Crippen LogP contribution >= 0.6 is 50.5 Å². The molecule has 20 heavy (non-hydrogen) atoms. The van der Waals surface area contributed by atoms with Crippen LogP contribution in [-0.4, -0.2) is 19.8 Å². The van der Waals surface area contributed by atoms with Gasteiger partial charge >= 0.3 is 0 Å². The smallest absolute Gasteiger partial charge is 0.207 e. The van der Waals surface area contributed by atoms with Gasteiger partial charge in [-0.05, 0) is 34.5 Å². The number of thiophene rings is 1. The lowest BCUT2D eigenvalue weighted by atomic mass is 10.3. The van der Waals surface area contributed by atoms with Crippen molar-refractivity contribution in [1.82, 2.24) is 4.31 Å². The van der Waals surface area contributed by atoms with Gasteiger partial charge in [0, 0.05) is 18.1 Å². The molecule has 1 aromatic heterocycles. The molecule has 0 spiro atoms. The van der Waals surface area contributed by atoms with Crippen molar-refractivity contribution in [2.75, 3.05) is 7.05 Å². The normalized spacial score (nSPS) is 12.1. The van der Waals surface area contributed by atoms with E-state index in [1.54, 1.807) is 0 Å². The molecule has 108 valence electrons. The van der Waals surface area contributed by atoms with Crippen molar-refractivity contribution in [2.24, 2.45) is 0 Å². The van der Waals surface area contributed by atoms with Gasteiger partial charge in [-0.15, -0.1) is 0 Å². The van der Waals surface area contributed by atoms with Gasteiger partial charge < -0.3 is 0 Å². The molecule has 0 saturated heterocycles. The molecule has 1 aromatic carbocycles. The van der Waals surface area contributed by atoms with Crippen LogP contribution < -0.4 is 0 Å². The highest BCUT2D eigenvalue weighted by atomic mass is 79.9. The molecule has 0 bridgehead atoms. The second kappa shape index (κ2) is 6.34. The molecule has 0 amide bonds. The zero-order valence-corrected chi connectivity index (χ0v) is 15.0. The molecule has 0 aliphatic carbocycles. The Bertz CT molecular complexity index is 694. The first-order chi connectivity index (χ1) is 9.32. The molecule has 1 heterocycles. The van der Waals surface area contributed by atoms with Gasteiger partial charge in [0.1, 0.15) is 4.90 Å². The Balaban J connectivity index is 2.40. The van der Waals surface area contributed by atoms with Crippen molar-refractivity contribution in [1.29, 1.82) is 0 Å². The van der Waals surface area contributed by atoms with Gasteiger partial charge in [-0.1, -0.05) is 39.1 Å². The molecule has 2 aromatic rings. The fourth-order valence-corrected chi connectivity index (χ4v) is 5.35. The first-order valence-electron chi connectivity index (χ1n) is 5.44. The third-order valence-corrected chi connectivity index (χ3v) is 6.53. The van der Waals surface area contributed by atoms with Gasteiger partial charge in [-0.3, -0.25) is 0 Å². The number of nitrogens with zero attached hydrogens (tertiary/aromatic N) is 1. The summed E-state index contributed by atoms with van der Waals surface area (Å²) in [7, 11) is -2.24. The molecule has 0 aliphatic heterocycles. The van der Waals surface area contributed by atoms with Crippen LogP contribution in [0, 0.1) is 0 Å². The second-order valence-corrected chi connectivity index (χ2v) is 8.58. The number of hydrogen-bond acceptors (Lipinski definition) is 3. The second-order valence-electron chi connectivity index (χ2n) is 4.09. The third kappa shape index (κ3) is 3.37. The first-order valence-corrected chi connectivity index (χ1v) is 9.37. The molecule has 0 unspecified atom stereocenters. The topological polar surface area (TPSA) is 37.4 Å². The van der Waals surface area contributed by atoms with E-state index in [9.17, 15) is 8.42 Å². The minimum absolute atomic E-state index is 0.0678. The van der Waals surface area contributed by atoms with Crippen molar-refractivity contribution in [3.05, 3.63) is 49.0 Å². The maximum absolute atomic E-state index is 12.6. The van der Waals surface area contributed by atoms with Crippen molar-refractivity contribution >= 4 is 60.5 Å². The van der Waals surface area contributed by atoms with Crippen LogP contribution in [0.15, 0.2) is 38.3 Å². The SMILES string of the molecule is CN(Cc1ccsc1)S(=O)(=O)c1c(Cl)cc(Br)cc1Cl. The van der Waals surface area contributed by atoms with E-state index >= 15 is 0 Å². The summed E-state index contributed by atoms with van der Waals surface area (Å²) >= 11 is 16.8. The molecule has 0 fully saturated rings. The Kier molecular flexibility index (Phi) is 5.15. The molecular formula is C12H10BrCl2NO2S2. The molecule has 0 aliphatic rings. The summed E-state index contributed by atoms with van der Waals surface area (Å²) in [6, 6.07) is 4.90. The lowest BCUT2D eigenvalue weighted by Gasteiger charge is -2.18. The fraction of sp³-hybridized carbons (Fsp3) is 0.167. The number of halogens is 3. The maximum atomic E-state index is 12.6. The summed E-state index contributed by atoms with van der Waals surface area (Å²) in [5, 5.41) is 4.00. The maximum Gasteiger partial charge on any atom is 0.246 e. The van der Waals surface area contributed by atoms with Crippen LogP contribution in [0.5, 0.6) is 0 Å². The molecular weight excluding hydrogens is 405 g/mol. The Morgan fingerprint density at radius 3 is 2.40 bits per heavy atom. The standard InChI is InChI=1S/C12H10BrCl2NO2S2/c1-16(6-8-2-3-19-7-8)20(17,18)12-10(14)4-9(13)5-11(12)15/h2-5,7H,6H2,1H3. The van der Waals surface area contributed by atoms with Gasteiger partial charge in [0.05, 0.1) is 10.0 Å². The summed E-state index contributed by atoms with van der Waals surface area (Å²) in [5.41, 5.74) is 0.922. The summed E-state index contributed by atoms with van der Waals surface area (Å²) in [4.78, 5) is -0.0678. The van der Waals surface area contributed by atoms with Crippen molar-refractivity contribution in [3.8, 4) is 0 Å². The molecule has 0 N–H and O–H groups in total. The molecule has 8 heteroatoms. The van der Waals surface area contributed by atoms with E-state index in [1.165, 1.54) is 34.8 Å². The highest BCUT2D eigenvalue weighted by molar-refractivity contribution is 9.10. The summed E-state index contributed by atoms with van der Waals surface area (Å²) in [5.74, 6) is 0. The van der Waals surface area contributed by atoms with Crippen molar-refractivity contribution < 1.29 is 8.42 Å². The van der Waals surface area contributed by atoms with Crippen LogP contribution in [0.1, 0.15) is 5.56 Å². The van der Waals surface area contributed by atoms with E-state index in [2.05, 4.69) is 15.9 Å². The van der Waals surface area contributed by atoms with Gasteiger partial charge in [-0.2, -0.15) is 15.6 Å². The van der Waals surface area contributed by atoms with Gasteiger partial charge in [-0.25, -0.2) is 8.42 Å². The van der Waals surface area contributed by atoms with Gasteiger partial charge in [0.2, 0.25) is 10.0 Å². The van der Waals surface area contributed by atoms with Crippen molar-refractivity contribution in [3.63, 3.8) is 0 Å². The predicted molar refractivity (Wildman–Crippen MR) is 87.1 cm³/mol. The van der Waals surface area contributed by atoms with Crippen LogP contribution in [0.3, 0.4) is 0 Å². The van der Waals surface area contributed by atoms with Crippen LogP contribution in [0.4, 0.5) is 0 Å². The number of sulfonamides is 1. The van der Waals surface area contributed by atoms with Crippen LogP contribution in [0.2, 0.25) is 10.0 Å². The van der Waals surface area contributed by atoms with Crippen molar-refractivity contribution in [2.45, 2.75) is 11.4 Å². The molecule has 3 nitrogen and oxygen atoms in total. The Morgan fingerprint density at radius 2 is 1.90 bits per heavy atom. The number of hydrogen-bond donors (Lipinski definition) is 0. The lowest BCUT2D eigenvalue weighted by Crippen LogP contribution is -2.26. The van der Waals surface area contributed by atoms with E-state index in [0.717, 1.165) is 5.56 Å². The fourth-order valence-electron chi connectivity index (χ4n) is 1.66. The lowest BCUT2D eigenvalue weighted by molar-refractivity contribution is 0.467. The summed E-state index contributed by atoms with van der Waals surface area (Å²) in [6.45, 7) is 0.272. The van der Waals surface area contributed by atoms with E-state index in [-0.39, 0.29) is 21.5 Å². The average molecular weight is 415 g/mol. The Hall–Kier alpha value is -0.110. The third-order valence-electron chi connectivity index (χ3n) is 2.62. The Labute approximate surface area is 140 Å². The van der Waals surface area contributed by atoms with E-state index in [0.29, 0.717) is 4.47 Å². The van der Waals surface area contributed by atoms with E-state index in [1.807, 2.05) is 16.8 Å². The monoisotopic (exact) mass is 413 g/mol. The quantitative estimate of drug-likeness (QED) is 0.730. The minimum Gasteiger partial charge on any atom is -0.207 e. The summed E-state index contributed by atoms with van der Waals surface area (Å²) in [6.07, 6.45) is 0. The van der Waals surface area contributed by atoms with E-state index in [4.69, 9.17) is 23.2 Å². The van der Waals surface area contributed by atoms with Crippen LogP contribution in [0.25, 0.3) is 0 Å². The molecule has 2 rings (SSSR count). The molecule has 0 saturated carbocycles. The largest absolute Gasteiger partial charge is 0.246 e. The highest BCUT2D eigenvalue weighted by Gasteiger charge is 2.27. The predicted octanol–water partition coefficient (Wildman–Crippen LogP) is 4.64. The van der Waals surface area contributed by atoms with Gasteiger partial charge in [0.25, 0.3) is 0 Å². The average Bonchev–Trinajstić information content (AvgIpc) is 2.79. The number of benzene rings is 1.